The van der Waals surface area contributed by atoms with E-state index in [-0.39, 0.29) is 35.3 Å². The Morgan fingerprint density at radius 1 is 1.27 bits per heavy atom. The summed E-state index contributed by atoms with van der Waals surface area (Å²) in [6, 6.07) is 5.09. The van der Waals surface area contributed by atoms with E-state index < -0.39 is 12.8 Å². The third kappa shape index (κ3) is 7.33. The monoisotopic (exact) mass is 472 g/mol. The smallest absolute Gasteiger partial charge is 0.406 e. The van der Waals surface area contributed by atoms with E-state index >= 15 is 0 Å². The summed E-state index contributed by atoms with van der Waals surface area (Å²) in [5.41, 5.74) is 1.42. The summed E-state index contributed by atoms with van der Waals surface area (Å²) in [5, 5.41) is 11.7. The summed E-state index contributed by atoms with van der Waals surface area (Å²) >= 11 is 0. The van der Waals surface area contributed by atoms with Crippen LogP contribution in [-0.4, -0.2) is 54.5 Å². The molecule has 0 radical (unpaired) electrons. The van der Waals surface area contributed by atoms with Crippen molar-refractivity contribution in [1.29, 1.82) is 5.41 Å². The van der Waals surface area contributed by atoms with Gasteiger partial charge in [0.2, 0.25) is 5.91 Å². The molecule has 0 atom stereocenters. The summed E-state index contributed by atoms with van der Waals surface area (Å²) in [4.78, 5) is 14.8. The Balaban J connectivity index is 2.31. The predicted octanol–water partition coefficient (Wildman–Crippen LogP) is 5.14. The number of nitrogens with zero attached hydrogens (tertiary/aromatic N) is 2. The number of ether oxygens (including phenoxy) is 1. The molecular weight excluding hydrogens is 447 g/mol. The van der Waals surface area contributed by atoms with Gasteiger partial charge in [0.1, 0.15) is 11.6 Å². The molecule has 0 aliphatic carbocycles. The topological polar surface area (TPSA) is 68.7 Å². The second kappa shape index (κ2) is 10.5. The molecule has 180 valence electrons. The highest BCUT2D eigenvalue weighted by atomic mass is 19.4. The molecule has 0 saturated heterocycles. The van der Waals surface area contributed by atoms with Crippen molar-refractivity contribution in [2.24, 2.45) is 0 Å². The lowest BCUT2D eigenvalue weighted by atomic mass is 10.0. The van der Waals surface area contributed by atoms with E-state index in [4.69, 9.17) is 5.41 Å². The van der Waals surface area contributed by atoms with Crippen LogP contribution in [0.15, 0.2) is 59.5 Å². The SMILES string of the molecule is C=C(/C=C(\C)C(F)F)N(C)C(=N)C1=C(Nc2ccc(OC(F)(F)F)cc2)CCN(C(C)=O)C1. The van der Waals surface area contributed by atoms with Crippen LogP contribution in [0.25, 0.3) is 0 Å². The van der Waals surface area contributed by atoms with Crippen LogP contribution < -0.4 is 10.1 Å². The number of amidine groups is 1. The number of rotatable bonds is 7. The molecule has 0 unspecified atom stereocenters. The molecule has 0 fully saturated rings. The third-order valence-corrected chi connectivity index (χ3v) is 4.96. The zero-order valence-corrected chi connectivity index (χ0v) is 18.4. The van der Waals surface area contributed by atoms with Gasteiger partial charge in [0, 0.05) is 49.6 Å². The molecule has 1 aliphatic rings. The second-order valence-electron chi connectivity index (χ2n) is 7.43. The highest BCUT2D eigenvalue weighted by molar-refractivity contribution is 5.99. The van der Waals surface area contributed by atoms with E-state index in [1.165, 1.54) is 48.9 Å². The summed E-state index contributed by atoms with van der Waals surface area (Å²) < 4.78 is 66.7. The average Bonchev–Trinajstić information content (AvgIpc) is 2.72. The quantitative estimate of drug-likeness (QED) is 0.250. The largest absolute Gasteiger partial charge is 0.573 e. The molecule has 0 saturated carbocycles. The summed E-state index contributed by atoms with van der Waals surface area (Å²) in [6.07, 6.45) is -5.93. The van der Waals surface area contributed by atoms with Crippen LogP contribution in [0.3, 0.4) is 0 Å². The number of nitrogens with one attached hydrogen (secondary N) is 2. The van der Waals surface area contributed by atoms with Crippen molar-refractivity contribution in [3.05, 3.63) is 59.5 Å². The van der Waals surface area contributed by atoms with Crippen LogP contribution in [-0.2, 0) is 4.79 Å². The lowest BCUT2D eigenvalue weighted by Crippen LogP contribution is -2.41. The molecule has 0 spiro atoms. The number of hydrogen-bond donors (Lipinski definition) is 2. The molecule has 1 aromatic carbocycles. The standard InChI is InChI=1S/C22H25F5N4O2/c1-13(20(23)24)11-14(2)30(4)21(28)18-12-31(15(3)32)10-9-19(18)29-16-5-7-17(8-6-16)33-22(25,26)27/h5-8,11,20,28-29H,2,9-10,12H2,1,3-4H3/b13-11+,28-21?. The number of halogens is 5. The van der Waals surface area contributed by atoms with Crippen LogP contribution in [0.5, 0.6) is 5.75 Å². The number of carbonyl (C=O) groups excluding carboxylic acids is 1. The number of allylic oxidation sites excluding steroid dienone is 2. The van der Waals surface area contributed by atoms with Crippen molar-refractivity contribution in [2.45, 2.75) is 33.1 Å². The van der Waals surface area contributed by atoms with Crippen LogP contribution >= 0.6 is 0 Å². The second-order valence-corrected chi connectivity index (χ2v) is 7.43. The minimum atomic E-state index is -4.80. The van der Waals surface area contributed by atoms with E-state index in [1.807, 2.05) is 0 Å². The van der Waals surface area contributed by atoms with Crippen molar-refractivity contribution in [3.8, 4) is 5.75 Å². The van der Waals surface area contributed by atoms with Gasteiger partial charge in [-0.15, -0.1) is 13.2 Å². The van der Waals surface area contributed by atoms with Crippen LogP contribution in [0.1, 0.15) is 20.3 Å². The van der Waals surface area contributed by atoms with Gasteiger partial charge in [-0.05, 0) is 42.8 Å². The molecule has 1 aromatic rings. The fraction of sp³-hybridized carbons (Fsp3) is 0.364. The van der Waals surface area contributed by atoms with Gasteiger partial charge in [0.25, 0.3) is 6.43 Å². The molecule has 0 bridgehead atoms. The van der Waals surface area contributed by atoms with Crippen LogP contribution in [0.4, 0.5) is 27.6 Å². The van der Waals surface area contributed by atoms with E-state index in [2.05, 4.69) is 16.6 Å². The minimum absolute atomic E-state index is 0.0520. The number of alkyl halides is 5. The number of anilines is 1. The van der Waals surface area contributed by atoms with Crippen molar-refractivity contribution >= 4 is 17.4 Å². The third-order valence-electron chi connectivity index (χ3n) is 4.96. The fourth-order valence-electron chi connectivity index (χ4n) is 3.07. The number of likely N-dealkylation sites (N-methyl/N-ethyl adjacent to an activating group) is 1. The van der Waals surface area contributed by atoms with Crippen molar-refractivity contribution < 1.29 is 31.5 Å². The molecule has 33 heavy (non-hydrogen) atoms. The molecule has 2 N–H and O–H groups in total. The normalized spacial score (nSPS) is 14.9. The summed E-state index contributed by atoms with van der Waals surface area (Å²) in [5.74, 6) is -0.620. The van der Waals surface area contributed by atoms with Crippen molar-refractivity contribution in [2.75, 3.05) is 25.5 Å². The van der Waals surface area contributed by atoms with E-state index in [0.29, 0.717) is 29.9 Å². The van der Waals surface area contributed by atoms with Gasteiger partial charge < -0.3 is 19.9 Å². The molecule has 11 heteroatoms. The Morgan fingerprint density at radius 2 is 1.88 bits per heavy atom. The van der Waals surface area contributed by atoms with Gasteiger partial charge in [0.05, 0.1) is 6.54 Å². The Labute approximate surface area is 188 Å². The van der Waals surface area contributed by atoms with Crippen LogP contribution in [0.2, 0.25) is 0 Å². The predicted molar refractivity (Wildman–Crippen MR) is 115 cm³/mol. The molecule has 0 aromatic heterocycles. The zero-order chi connectivity index (χ0) is 24.9. The Bertz CT molecular complexity index is 968. The lowest BCUT2D eigenvalue weighted by Gasteiger charge is -2.33. The average molecular weight is 472 g/mol. The van der Waals surface area contributed by atoms with Gasteiger partial charge in [-0.25, -0.2) is 8.78 Å². The van der Waals surface area contributed by atoms with E-state index in [9.17, 15) is 26.7 Å². The van der Waals surface area contributed by atoms with Gasteiger partial charge in [-0.2, -0.15) is 0 Å². The highest BCUT2D eigenvalue weighted by Gasteiger charge is 2.31. The first-order valence-corrected chi connectivity index (χ1v) is 9.86. The molecule has 1 aliphatic heterocycles. The highest BCUT2D eigenvalue weighted by Crippen LogP contribution is 2.27. The maximum Gasteiger partial charge on any atom is 0.573 e. The van der Waals surface area contributed by atoms with Crippen molar-refractivity contribution in [3.63, 3.8) is 0 Å². The first kappa shape index (κ1) is 25.9. The molecule has 6 nitrogen and oxygen atoms in total. The Kier molecular flexibility index (Phi) is 8.23. The van der Waals surface area contributed by atoms with Gasteiger partial charge in [-0.1, -0.05) is 6.58 Å². The molecule has 1 amide bonds. The first-order valence-electron chi connectivity index (χ1n) is 9.86. The van der Waals surface area contributed by atoms with Crippen molar-refractivity contribution in [1.82, 2.24) is 9.80 Å². The Hall–Kier alpha value is -3.37. The molecule has 1 heterocycles. The number of amides is 1. The first-order chi connectivity index (χ1) is 15.3. The number of hydrogen-bond acceptors (Lipinski definition) is 4. The number of carbonyl (C=O) groups is 1. The maximum absolute atomic E-state index is 12.9. The zero-order valence-electron chi connectivity index (χ0n) is 18.4. The van der Waals surface area contributed by atoms with Crippen LogP contribution in [0, 0.1) is 5.41 Å². The maximum atomic E-state index is 12.9. The summed E-state index contributed by atoms with van der Waals surface area (Å²) in [6.45, 7) is 6.87. The van der Waals surface area contributed by atoms with Gasteiger partial charge in [-0.3, -0.25) is 10.2 Å². The summed E-state index contributed by atoms with van der Waals surface area (Å²) in [7, 11) is 1.50. The molecular formula is C22H25F5N4O2. The van der Waals surface area contributed by atoms with Gasteiger partial charge in [0.15, 0.2) is 0 Å². The van der Waals surface area contributed by atoms with E-state index in [1.54, 1.807) is 0 Å². The minimum Gasteiger partial charge on any atom is -0.406 e. The lowest BCUT2D eigenvalue weighted by molar-refractivity contribution is -0.274. The Morgan fingerprint density at radius 3 is 2.39 bits per heavy atom. The molecule has 2 rings (SSSR count). The van der Waals surface area contributed by atoms with Gasteiger partial charge >= 0.3 is 6.36 Å². The number of benzene rings is 1. The van der Waals surface area contributed by atoms with E-state index in [0.717, 1.165) is 12.1 Å². The fourth-order valence-corrected chi connectivity index (χ4v) is 3.07.